The largest absolute Gasteiger partial charge is 0.493 e. The van der Waals surface area contributed by atoms with Gasteiger partial charge in [0.1, 0.15) is 5.75 Å². The maximum Gasteiger partial charge on any atom is 0.232 e. The maximum atomic E-state index is 12.9. The molecule has 2 heterocycles. The summed E-state index contributed by atoms with van der Waals surface area (Å²) in [6.45, 7) is 0.706. The number of H-pyrrole nitrogens is 1. The minimum atomic E-state index is -0.0420. The maximum absolute atomic E-state index is 12.9. The molecule has 1 amide bonds. The number of para-hydroxylation sites is 2. The molecule has 2 aromatic heterocycles. The Balaban J connectivity index is 1.51. The van der Waals surface area contributed by atoms with Gasteiger partial charge in [-0.3, -0.25) is 9.69 Å². The molecule has 0 fully saturated rings. The summed E-state index contributed by atoms with van der Waals surface area (Å²) < 4.78 is 6.72. The van der Waals surface area contributed by atoms with Crippen LogP contribution in [0.1, 0.15) is 12.1 Å². The molecule has 2 aromatic carbocycles. The Morgan fingerprint density at radius 3 is 2.70 bits per heavy atom. The summed E-state index contributed by atoms with van der Waals surface area (Å²) >= 11 is 1.50. The first kappa shape index (κ1) is 17.2. The van der Waals surface area contributed by atoms with E-state index in [0.29, 0.717) is 18.3 Å². The van der Waals surface area contributed by atoms with Gasteiger partial charge in [0.25, 0.3) is 0 Å². The Kier molecular flexibility index (Phi) is 5.11. The average Bonchev–Trinajstić information content (AvgIpc) is 3.36. The molecular weight excluding hydrogens is 360 g/mol. The summed E-state index contributed by atoms with van der Waals surface area (Å²) in [5.41, 5.74) is 1.74. The molecule has 0 unspecified atom stereocenters. The highest BCUT2D eigenvalue weighted by molar-refractivity contribution is 7.22. The third-order valence-corrected chi connectivity index (χ3v) is 5.09. The van der Waals surface area contributed by atoms with Crippen molar-refractivity contribution in [2.45, 2.75) is 13.0 Å². The number of nitrogens with one attached hydrogen (secondary N) is 1. The average molecular weight is 378 g/mol. The lowest BCUT2D eigenvalue weighted by atomic mass is 10.3. The second-order valence-corrected chi connectivity index (χ2v) is 6.94. The van der Waals surface area contributed by atoms with E-state index in [1.165, 1.54) is 11.3 Å². The van der Waals surface area contributed by atoms with Crippen molar-refractivity contribution in [2.75, 3.05) is 11.5 Å². The number of amides is 1. The standard InChI is InChI=1S/C20H18N4O2S/c25-19(10-11-26-16-6-2-1-3-7-16)24(13-15-12-21-14-22-15)20-23-17-8-4-5-9-18(17)27-20/h1-9,12,14H,10-11,13H2,(H,21,22). The molecule has 0 aliphatic heterocycles. The van der Waals surface area contributed by atoms with Gasteiger partial charge in [0, 0.05) is 6.20 Å². The second-order valence-electron chi connectivity index (χ2n) is 5.93. The number of carbonyl (C=O) groups excluding carboxylic acids is 1. The number of nitrogens with zero attached hydrogens (tertiary/aromatic N) is 3. The van der Waals surface area contributed by atoms with Gasteiger partial charge in [-0.25, -0.2) is 9.97 Å². The molecule has 0 aliphatic rings. The monoisotopic (exact) mass is 378 g/mol. The van der Waals surface area contributed by atoms with Crippen LogP contribution in [0.25, 0.3) is 10.2 Å². The van der Waals surface area contributed by atoms with Crippen LogP contribution in [-0.2, 0) is 11.3 Å². The molecule has 1 N–H and O–H groups in total. The molecular formula is C20H18N4O2S. The molecule has 0 saturated carbocycles. The van der Waals surface area contributed by atoms with E-state index < -0.39 is 0 Å². The fraction of sp³-hybridized carbons (Fsp3) is 0.150. The van der Waals surface area contributed by atoms with Crippen LogP contribution in [0, 0.1) is 0 Å². The van der Waals surface area contributed by atoms with Gasteiger partial charge in [-0.2, -0.15) is 0 Å². The van der Waals surface area contributed by atoms with Crippen molar-refractivity contribution in [1.82, 2.24) is 15.0 Å². The number of anilines is 1. The lowest BCUT2D eigenvalue weighted by Crippen LogP contribution is -2.31. The highest BCUT2D eigenvalue weighted by atomic mass is 32.1. The quantitative estimate of drug-likeness (QED) is 0.527. The molecule has 6 nitrogen and oxygen atoms in total. The molecule has 27 heavy (non-hydrogen) atoms. The van der Waals surface area contributed by atoms with Crippen molar-refractivity contribution in [1.29, 1.82) is 0 Å². The Morgan fingerprint density at radius 2 is 1.93 bits per heavy atom. The summed E-state index contributed by atoms with van der Waals surface area (Å²) in [6, 6.07) is 17.4. The summed E-state index contributed by atoms with van der Waals surface area (Å²) in [6.07, 6.45) is 3.59. The third-order valence-electron chi connectivity index (χ3n) is 4.03. The number of hydrogen-bond acceptors (Lipinski definition) is 5. The first-order valence-electron chi connectivity index (χ1n) is 8.60. The summed E-state index contributed by atoms with van der Waals surface area (Å²) in [5.74, 6) is 0.713. The van der Waals surface area contributed by atoms with Crippen LogP contribution in [-0.4, -0.2) is 27.5 Å². The van der Waals surface area contributed by atoms with Gasteiger partial charge in [-0.1, -0.05) is 41.7 Å². The number of aromatic amines is 1. The number of benzene rings is 2. The van der Waals surface area contributed by atoms with Crippen molar-refractivity contribution >= 4 is 32.6 Å². The molecule has 7 heteroatoms. The van der Waals surface area contributed by atoms with Gasteiger partial charge in [-0.05, 0) is 24.3 Å². The lowest BCUT2D eigenvalue weighted by Gasteiger charge is -2.19. The molecule has 0 atom stereocenters. The molecule has 0 aliphatic carbocycles. The van der Waals surface area contributed by atoms with Crippen LogP contribution in [0.2, 0.25) is 0 Å². The third kappa shape index (κ3) is 4.15. The van der Waals surface area contributed by atoms with Crippen molar-refractivity contribution < 1.29 is 9.53 Å². The normalized spacial score (nSPS) is 10.8. The molecule has 4 rings (SSSR count). The summed E-state index contributed by atoms with van der Waals surface area (Å²) in [5, 5.41) is 0.676. The fourth-order valence-corrected chi connectivity index (χ4v) is 3.67. The van der Waals surface area contributed by atoms with E-state index in [-0.39, 0.29) is 12.3 Å². The number of fused-ring (bicyclic) bond motifs is 1. The highest BCUT2D eigenvalue weighted by Gasteiger charge is 2.20. The lowest BCUT2D eigenvalue weighted by molar-refractivity contribution is -0.119. The molecule has 0 spiro atoms. The Hall–Kier alpha value is -3.19. The van der Waals surface area contributed by atoms with Crippen LogP contribution in [0.4, 0.5) is 5.13 Å². The van der Waals surface area contributed by atoms with Crippen molar-refractivity contribution in [3.8, 4) is 5.75 Å². The number of thiazole rings is 1. The first-order chi connectivity index (χ1) is 13.3. The second kappa shape index (κ2) is 8.01. The minimum Gasteiger partial charge on any atom is -0.493 e. The zero-order chi connectivity index (χ0) is 18.5. The summed E-state index contributed by atoms with van der Waals surface area (Å²) in [4.78, 5) is 26.3. The van der Waals surface area contributed by atoms with Crippen LogP contribution in [0.3, 0.4) is 0 Å². The Bertz CT molecular complexity index is 982. The van der Waals surface area contributed by atoms with Gasteiger partial charge in [0.15, 0.2) is 5.13 Å². The topological polar surface area (TPSA) is 71.1 Å². The molecule has 4 aromatic rings. The zero-order valence-electron chi connectivity index (χ0n) is 14.5. The number of carbonyl (C=O) groups is 1. The van der Waals surface area contributed by atoms with E-state index in [1.807, 2.05) is 54.6 Å². The van der Waals surface area contributed by atoms with Crippen LogP contribution in [0.15, 0.2) is 67.1 Å². The number of ether oxygens (including phenoxy) is 1. The smallest absolute Gasteiger partial charge is 0.232 e. The molecule has 0 radical (unpaired) electrons. The van der Waals surface area contributed by atoms with Crippen molar-refractivity contribution in [2.24, 2.45) is 0 Å². The van der Waals surface area contributed by atoms with E-state index in [0.717, 1.165) is 21.7 Å². The van der Waals surface area contributed by atoms with Crippen LogP contribution >= 0.6 is 11.3 Å². The fourth-order valence-electron chi connectivity index (χ4n) is 2.69. The van der Waals surface area contributed by atoms with Gasteiger partial charge < -0.3 is 9.72 Å². The van der Waals surface area contributed by atoms with E-state index in [4.69, 9.17) is 4.74 Å². The predicted octanol–water partition coefficient (Wildman–Crippen LogP) is 4.02. The minimum absolute atomic E-state index is 0.0420. The number of rotatable bonds is 7. The molecule has 136 valence electrons. The first-order valence-corrected chi connectivity index (χ1v) is 9.42. The Labute approximate surface area is 160 Å². The number of aromatic nitrogens is 3. The predicted molar refractivity (Wildman–Crippen MR) is 106 cm³/mol. The van der Waals surface area contributed by atoms with Crippen molar-refractivity contribution in [3.05, 3.63) is 72.8 Å². The highest BCUT2D eigenvalue weighted by Crippen LogP contribution is 2.29. The number of hydrogen-bond donors (Lipinski definition) is 1. The van der Waals surface area contributed by atoms with Crippen LogP contribution < -0.4 is 9.64 Å². The van der Waals surface area contributed by atoms with Crippen molar-refractivity contribution in [3.63, 3.8) is 0 Å². The SMILES string of the molecule is O=C(CCOc1ccccc1)N(Cc1cnc[nH]1)c1nc2ccccc2s1. The van der Waals surface area contributed by atoms with E-state index in [2.05, 4.69) is 15.0 Å². The van der Waals surface area contributed by atoms with E-state index in [9.17, 15) is 4.79 Å². The van der Waals surface area contributed by atoms with Gasteiger partial charge in [-0.15, -0.1) is 0 Å². The number of imidazole rings is 1. The zero-order valence-corrected chi connectivity index (χ0v) is 15.4. The Morgan fingerprint density at radius 1 is 1.11 bits per heavy atom. The summed E-state index contributed by atoms with van der Waals surface area (Å²) in [7, 11) is 0. The van der Waals surface area contributed by atoms with Crippen LogP contribution in [0.5, 0.6) is 5.75 Å². The molecule has 0 bridgehead atoms. The van der Waals surface area contributed by atoms with Gasteiger partial charge in [0.05, 0.1) is 41.8 Å². The van der Waals surface area contributed by atoms with Gasteiger partial charge >= 0.3 is 0 Å². The van der Waals surface area contributed by atoms with Gasteiger partial charge in [0.2, 0.25) is 5.91 Å². The molecule has 0 saturated heterocycles. The van der Waals surface area contributed by atoms with E-state index >= 15 is 0 Å². The van der Waals surface area contributed by atoms with E-state index in [1.54, 1.807) is 17.4 Å².